The van der Waals surface area contributed by atoms with Gasteiger partial charge in [-0.25, -0.2) is 0 Å². The summed E-state index contributed by atoms with van der Waals surface area (Å²) in [6, 6.07) is 7.62. The minimum Gasteiger partial charge on any atom is -0.351 e. The number of hydrogen-bond donors (Lipinski definition) is 2. The minimum atomic E-state index is -0.240. The van der Waals surface area contributed by atoms with Crippen molar-refractivity contribution in [2.45, 2.75) is 13.0 Å². The summed E-state index contributed by atoms with van der Waals surface area (Å²) in [6.45, 7) is 1.87. The number of allylic oxidation sites excluding steroid dienone is 1. The fourth-order valence-electron chi connectivity index (χ4n) is 2.15. The largest absolute Gasteiger partial charge is 0.351 e. The third kappa shape index (κ3) is 3.02. The van der Waals surface area contributed by atoms with Crippen molar-refractivity contribution < 1.29 is 4.79 Å². The van der Waals surface area contributed by atoms with E-state index in [2.05, 4.69) is 26.6 Å². The van der Waals surface area contributed by atoms with Crippen molar-refractivity contribution in [2.75, 3.05) is 14.1 Å². The molecule has 0 aliphatic carbocycles. The van der Waals surface area contributed by atoms with E-state index in [1.165, 1.54) is 0 Å². The maximum atomic E-state index is 12.4. The molecule has 2 rings (SSSR count). The van der Waals surface area contributed by atoms with Crippen LogP contribution in [0.2, 0.25) is 0 Å². The van der Waals surface area contributed by atoms with Crippen LogP contribution in [0.4, 0.5) is 0 Å². The number of likely N-dealkylation sites (N-methyl/N-ethyl adjacent to an activating group) is 1. The zero-order valence-electron chi connectivity index (χ0n) is 11.5. The normalized spacial score (nSPS) is 18.4. The zero-order valence-corrected chi connectivity index (χ0v) is 13.9. The van der Waals surface area contributed by atoms with E-state index in [1.807, 2.05) is 31.2 Å². The van der Waals surface area contributed by atoms with E-state index in [4.69, 9.17) is 12.2 Å². The van der Waals surface area contributed by atoms with Crippen LogP contribution in [0.1, 0.15) is 18.5 Å². The lowest BCUT2D eigenvalue weighted by Gasteiger charge is -2.31. The highest BCUT2D eigenvalue weighted by atomic mass is 79.9. The first-order valence-electron chi connectivity index (χ1n) is 6.15. The van der Waals surface area contributed by atoms with Crippen molar-refractivity contribution in [3.05, 3.63) is 45.6 Å². The molecule has 1 atom stereocenters. The van der Waals surface area contributed by atoms with Crippen LogP contribution < -0.4 is 10.6 Å². The molecule has 1 heterocycles. The lowest BCUT2D eigenvalue weighted by atomic mass is 9.95. The lowest BCUT2D eigenvalue weighted by Crippen LogP contribution is -2.46. The molecule has 1 aliphatic rings. The molecule has 0 aromatic heterocycles. The highest BCUT2D eigenvalue weighted by Crippen LogP contribution is 2.29. The van der Waals surface area contributed by atoms with Crippen LogP contribution in [0.25, 0.3) is 0 Å². The van der Waals surface area contributed by atoms with Crippen LogP contribution in [0, 0.1) is 0 Å². The first-order valence-corrected chi connectivity index (χ1v) is 7.35. The van der Waals surface area contributed by atoms with Crippen LogP contribution in [0.5, 0.6) is 0 Å². The Hall–Kier alpha value is -1.40. The molecule has 4 nitrogen and oxygen atoms in total. The summed E-state index contributed by atoms with van der Waals surface area (Å²) in [6.07, 6.45) is 0. The molecule has 106 valence electrons. The Morgan fingerprint density at radius 3 is 2.70 bits per heavy atom. The van der Waals surface area contributed by atoms with Crippen molar-refractivity contribution in [3.63, 3.8) is 0 Å². The van der Waals surface area contributed by atoms with Gasteiger partial charge >= 0.3 is 0 Å². The quantitative estimate of drug-likeness (QED) is 0.801. The number of nitrogens with zero attached hydrogens (tertiary/aromatic N) is 1. The second-order valence-corrected chi connectivity index (χ2v) is 6.15. The van der Waals surface area contributed by atoms with Crippen LogP contribution in [0.15, 0.2) is 40.0 Å². The predicted molar refractivity (Wildman–Crippen MR) is 87.1 cm³/mol. The molecule has 0 radical (unpaired) electrons. The third-order valence-electron chi connectivity index (χ3n) is 3.09. The molecule has 1 aromatic rings. The SMILES string of the molecule is CC1=C(C(=O)N(C)C)C(c2cccc(Br)c2)NC(=S)N1. The van der Waals surface area contributed by atoms with Gasteiger partial charge in [0.25, 0.3) is 5.91 Å². The predicted octanol–water partition coefficient (Wildman–Crippen LogP) is 2.33. The maximum absolute atomic E-state index is 12.4. The van der Waals surface area contributed by atoms with Crippen LogP contribution in [-0.4, -0.2) is 30.0 Å². The van der Waals surface area contributed by atoms with Gasteiger partial charge in [-0.3, -0.25) is 4.79 Å². The number of thiocarbonyl (C=S) groups is 1. The van der Waals surface area contributed by atoms with Crippen molar-refractivity contribution in [3.8, 4) is 0 Å². The smallest absolute Gasteiger partial charge is 0.253 e. The highest BCUT2D eigenvalue weighted by Gasteiger charge is 2.30. The number of carbonyl (C=O) groups excluding carboxylic acids is 1. The summed E-state index contributed by atoms with van der Waals surface area (Å²) < 4.78 is 0.968. The van der Waals surface area contributed by atoms with Gasteiger partial charge in [0.2, 0.25) is 0 Å². The summed E-state index contributed by atoms with van der Waals surface area (Å²) in [5.74, 6) is -0.0324. The highest BCUT2D eigenvalue weighted by molar-refractivity contribution is 9.10. The molecule has 20 heavy (non-hydrogen) atoms. The van der Waals surface area contributed by atoms with E-state index in [0.717, 1.165) is 15.7 Å². The topological polar surface area (TPSA) is 44.4 Å². The molecule has 0 bridgehead atoms. The van der Waals surface area contributed by atoms with Crippen molar-refractivity contribution >= 4 is 39.2 Å². The second kappa shape index (κ2) is 5.93. The Bertz CT molecular complexity index is 598. The Morgan fingerprint density at radius 1 is 1.40 bits per heavy atom. The number of nitrogens with one attached hydrogen (secondary N) is 2. The molecule has 1 unspecified atom stereocenters. The summed E-state index contributed by atoms with van der Waals surface area (Å²) in [4.78, 5) is 14.0. The summed E-state index contributed by atoms with van der Waals surface area (Å²) in [5.41, 5.74) is 2.46. The number of carbonyl (C=O) groups is 1. The van der Waals surface area contributed by atoms with Gasteiger partial charge in [0, 0.05) is 24.3 Å². The fourth-order valence-corrected chi connectivity index (χ4v) is 2.84. The van der Waals surface area contributed by atoms with Crippen molar-refractivity contribution in [1.29, 1.82) is 0 Å². The molecule has 0 spiro atoms. The molecule has 1 amide bonds. The Labute approximate surface area is 132 Å². The van der Waals surface area contributed by atoms with Crippen molar-refractivity contribution in [1.82, 2.24) is 15.5 Å². The first kappa shape index (κ1) is 15.0. The number of halogens is 1. The van der Waals surface area contributed by atoms with Crippen molar-refractivity contribution in [2.24, 2.45) is 0 Å². The summed E-state index contributed by atoms with van der Waals surface area (Å²) >= 11 is 8.66. The molecule has 1 aromatic carbocycles. The molecule has 0 saturated heterocycles. The summed E-state index contributed by atoms with van der Waals surface area (Å²) in [7, 11) is 3.49. The standard InChI is InChI=1S/C14H16BrN3OS/c1-8-11(13(19)18(2)3)12(17-14(20)16-8)9-5-4-6-10(15)7-9/h4-7,12H,1-3H3,(H2,16,17,20). The molecular formula is C14H16BrN3OS. The van der Waals surface area contributed by atoms with E-state index in [-0.39, 0.29) is 11.9 Å². The van der Waals surface area contributed by atoms with Gasteiger partial charge in [0.1, 0.15) is 0 Å². The number of amides is 1. The Balaban J connectivity index is 2.50. The van der Waals surface area contributed by atoms with Gasteiger partial charge < -0.3 is 15.5 Å². The monoisotopic (exact) mass is 353 g/mol. The molecular weight excluding hydrogens is 338 g/mol. The van der Waals surface area contributed by atoms with Crippen LogP contribution in [-0.2, 0) is 4.79 Å². The van der Waals surface area contributed by atoms with Gasteiger partial charge in [-0.15, -0.1) is 0 Å². The molecule has 2 N–H and O–H groups in total. The molecule has 0 saturated carbocycles. The van der Waals surface area contributed by atoms with Gasteiger partial charge in [-0.05, 0) is 36.8 Å². The molecule has 6 heteroatoms. The van der Waals surface area contributed by atoms with Gasteiger partial charge in [-0.1, -0.05) is 28.1 Å². The van der Waals surface area contributed by atoms with E-state index in [9.17, 15) is 4.79 Å². The summed E-state index contributed by atoms with van der Waals surface area (Å²) in [5, 5.41) is 6.72. The van der Waals surface area contributed by atoms with E-state index >= 15 is 0 Å². The van der Waals surface area contributed by atoms with Gasteiger partial charge in [0.15, 0.2) is 5.11 Å². The maximum Gasteiger partial charge on any atom is 0.253 e. The van der Waals surface area contributed by atoms with Crippen LogP contribution >= 0.6 is 28.1 Å². The van der Waals surface area contributed by atoms with Gasteiger partial charge in [-0.2, -0.15) is 0 Å². The molecule has 1 aliphatic heterocycles. The number of benzene rings is 1. The number of hydrogen-bond acceptors (Lipinski definition) is 2. The fraction of sp³-hybridized carbons (Fsp3) is 0.286. The second-order valence-electron chi connectivity index (χ2n) is 4.82. The number of rotatable bonds is 2. The zero-order chi connectivity index (χ0) is 14.9. The minimum absolute atomic E-state index is 0.0324. The Kier molecular flexibility index (Phi) is 4.45. The average Bonchev–Trinajstić information content (AvgIpc) is 2.37. The first-order chi connectivity index (χ1) is 9.40. The van der Waals surface area contributed by atoms with E-state index in [0.29, 0.717) is 10.7 Å². The van der Waals surface area contributed by atoms with E-state index < -0.39 is 0 Å². The average molecular weight is 354 g/mol. The third-order valence-corrected chi connectivity index (χ3v) is 3.80. The lowest BCUT2D eigenvalue weighted by molar-refractivity contribution is -0.125. The van der Waals surface area contributed by atoms with E-state index in [1.54, 1.807) is 19.0 Å². The molecule has 0 fully saturated rings. The Morgan fingerprint density at radius 2 is 2.10 bits per heavy atom. The van der Waals surface area contributed by atoms with Crippen LogP contribution in [0.3, 0.4) is 0 Å². The van der Waals surface area contributed by atoms with Gasteiger partial charge in [0.05, 0.1) is 11.6 Å².